The van der Waals surface area contributed by atoms with Crippen LogP contribution in [0.4, 0.5) is 8.78 Å². The molecule has 1 amide bonds. The van der Waals surface area contributed by atoms with Gasteiger partial charge in [0, 0.05) is 26.2 Å². The molecule has 3 aromatic rings. The van der Waals surface area contributed by atoms with Crippen molar-refractivity contribution in [3.63, 3.8) is 0 Å². The highest BCUT2D eigenvalue weighted by Gasteiger charge is 2.26. The van der Waals surface area contributed by atoms with Crippen LogP contribution < -0.4 is 0 Å². The molecule has 0 atom stereocenters. The zero-order valence-corrected chi connectivity index (χ0v) is 16.1. The van der Waals surface area contributed by atoms with Gasteiger partial charge in [0.1, 0.15) is 11.6 Å². The first-order chi connectivity index (χ1) is 14.0. The number of amides is 1. The summed E-state index contributed by atoms with van der Waals surface area (Å²) in [4.78, 5) is 16.3. The highest BCUT2D eigenvalue weighted by molar-refractivity contribution is 6.33. The Morgan fingerprint density at radius 3 is 2.55 bits per heavy atom. The predicted molar refractivity (Wildman–Crippen MR) is 102 cm³/mol. The lowest BCUT2D eigenvalue weighted by atomic mass is 10.1. The molecule has 4 rings (SSSR count). The van der Waals surface area contributed by atoms with E-state index in [9.17, 15) is 13.6 Å². The number of hydrogen-bond acceptors (Lipinski definition) is 5. The lowest BCUT2D eigenvalue weighted by Crippen LogP contribution is -2.48. The second-order valence-corrected chi connectivity index (χ2v) is 7.06. The normalized spacial score (nSPS) is 14.9. The third-order valence-corrected chi connectivity index (χ3v) is 5.10. The number of piperazine rings is 1. The van der Waals surface area contributed by atoms with E-state index in [1.54, 1.807) is 17.0 Å². The quantitative estimate of drug-likeness (QED) is 0.651. The molecule has 1 aromatic heterocycles. The van der Waals surface area contributed by atoms with Crippen molar-refractivity contribution < 1.29 is 13.6 Å². The van der Waals surface area contributed by atoms with E-state index in [0.29, 0.717) is 44.2 Å². The largest absolute Gasteiger partial charge is 0.336 e. The highest BCUT2D eigenvalue weighted by atomic mass is 35.5. The summed E-state index contributed by atoms with van der Waals surface area (Å²) in [6, 6.07) is 10.2. The Kier molecular flexibility index (Phi) is 5.50. The Morgan fingerprint density at radius 2 is 1.83 bits per heavy atom. The van der Waals surface area contributed by atoms with Gasteiger partial charge in [-0.15, -0.1) is 5.10 Å². The Balaban J connectivity index is 1.41. The molecule has 1 aliphatic heterocycles. The Bertz CT molecular complexity index is 1010. The minimum absolute atomic E-state index is 0.0994. The van der Waals surface area contributed by atoms with Gasteiger partial charge in [-0.05, 0) is 40.8 Å². The van der Waals surface area contributed by atoms with Crippen molar-refractivity contribution in [1.29, 1.82) is 0 Å². The van der Waals surface area contributed by atoms with E-state index < -0.39 is 11.7 Å². The summed E-state index contributed by atoms with van der Waals surface area (Å²) in [5.74, 6) is -0.855. The number of benzene rings is 2. The highest BCUT2D eigenvalue weighted by Crippen LogP contribution is 2.22. The molecule has 0 bridgehead atoms. The van der Waals surface area contributed by atoms with Crippen molar-refractivity contribution in [2.75, 3.05) is 26.2 Å². The van der Waals surface area contributed by atoms with Gasteiger partial charge in [-0.1, -0.05) is 23.7 Å². The number of aromatic nitrogens is 4. The zero-order valence-electron chi connectivity index (χ0n) is 15.3. The fourth-order valence-electron chi connectivity index (χ4n) is 3.28. The fraction of sp³-hybridized carbons (Fsp3) is 0.263. The van der Waals surface area contributed by atoms with E-state index in [4.69, 9.17) is 11.6 Å². The molecule has 10 heteroatoms. The van der Waals surface area contributed by atoms with Gasteiger partial charge in [-0.25, -0.2) is 8.78 Å². The number of tetrazole rings is 1. The third-order valence-electron chi connectivity index (χ3n) is 4.79. The van der Waals surface area contributed by atoms with E-state index in [0.717, 1.165) is 0 Å². The number of carbonyl (C=O) groups excluding carboxylic acids is 1. The SMILES string of the molecule is O=C(c1c(F)cccc1Cl)N1CCN(Cc2nnnn2-c2cccc(F)c2)CC1. The van der Waals surface area contributed by atoms with Crippen LogP contribution in [-0.2, 0) is 6.54 Å². The second kappa shape index (κ2) is 8.22. The van der Waals surface area contributed by atoms with Crippen LogP contribution in [0.25, 0.3) is 5.69 Å². The number of hydrogen-bond donors (Lipinski definition) is 0. The molecule has 0 aliphatic carbocycles. The molecular formula is C19H17ClF2N6O. The minimum atomic E-state index is -0.626. The van der Waals surface area contributed by atoms with Gasteiger partial charge in [-0.3, -0.25) is 9.69 Å². The molecule has 1 fully saturated rings. The first-order valence-electron chi connectivity index (χ1n) is 9.02. The van der Waals surface area contributed by atoms with Crippen LogP contribution in [0.5, 0.6) is 0 Å². The van der Waals surface area contributed by atoms with Crippen LogP contribution in [0.1, 0.15) is 16.2 Å². The Morgan fingerprint density at radius 1 is 1.07 bits per heavy atom. The monoisotopic (exact) mass is 418 g/mol. The molecule has 0 saturated carbocycles. The number of rotatable bonds is 4. The lowest BCUT2D eigenvalue weighted by Gasteiger charge is -2.34. The third kappa shape index (κ3) is 4.10. The van der Waals surface area contributed by atoms with Crippen molar-refractivity contribution in [2.24, 2.45) is 0 Å². The van der Waals surface area contributed by atoms with Gasteiger partial charge in [0.25, 0.3) is 5.91 Å². The van der Waals surface area contributed by atoms with E-state index in [1.807, 2.05) is 0 Å². The van der Waals surface area contributed by atoms with Gasteiger partial charge in [0.05, 0.1) is 22.8 Å². The average Bonchev–Trinajstić information content (AvgIpc) is 3.16. The molecule has 1 aliphatic rings. The zero-order chi connectivity index (χ0) is 20.4. The number of halogens is 3. The molecule has 29 heavy (non-hydrogen) atoms. The van der Waals surface area contributed by atoms with Crippen molar-refractivity contribution in [1.82, 2.24) is 30.0 Å². The molecular weight excluding hydrogens is 402 g/mol. The number of nitrogens with zero attached hydrogens (tertiary/aromatic N) is 6. The number of carbonyl (C=O) groups is 1. The second-order valence-electron chi connectivity index (χ2n) is 6.65. The van der Waals surface area contributed by atoms with Crippen LogP contribution in [-0.4, -0.2) is 62.1 Å². The van der Waals surface area contributed by atoms with Crippen LogP contribution in [0.2, 0.25) is 5.02 Å². The topological polar surface area (TPSA) is 67.2 Å². The maximum absolute atomic E-state index is 14.0. The van der Waals surface area contributed by atoms with Gasteiger partial charge < -0.3 is 4.90 Å². The first-order valence-corrected chi connectivity index (χ1v) is 9.39. The predicted octanol–water partition coefficient (Wildman–Crippen LogP) is 2.55. The maximum atomic E-state index is 14.0. The van der Waals surface area contributed by atoms with Crippen molar-refractivity contribution in [3.05, 3.63) is 70.5 Å². The van der Waals surface area contributed by atoms with Crippen LogP contribution in [0, 0.1) is 11.6 Å². The van der Waals surface area contributed by atoms with Crippen LogP contribution in [0.15, 0.2) is 42.5 Å². The van der Waals surface area contributed by atoms with E-state index in [-0.39, 0.29) is 16.4 Å². The standard InChI is InChI=1S/C19H17ClF2N6O/c20-15-5-2-6-16(22)18(15)19(29)27-9-7-26(8-10-27)12-17-23-24-25-28(17)14-4-1-3-13(21)11-14/h1-6,11H,7-10,12H2. The summed E-state index contributed by atoms with van der Waals surface area (Å²) < 4.78 is 29.0. The lowest BCUT2D eigenvalue weighted by molar-refractivity contribution is 0.0620. The summed E-state index contributed by atoms with van der Waals surface area (Å²) in [5, 5.41) is 11.8. The van der Waals surface area contributed by atoms with E-state index in [2.05, 4.69) is 20.4 Å². The van der Waals surface area contributed by atoms with Gasteiger partial charge in [-0.2, -0.15) is 4.68 Å². The smallest absolute Gasteiger partial charge is 0.258 e. The van der Waals surface area contributed by atoms with Crippen LogP contribution in [0.3, 0.4) is 0 Å². The van der Waals surface area contributed by atoms with Gasteiger partial charge in [0.15, 0.2) is 5.82 Å². The van der Waals surface area contributed by atoms with E-state index in [1.165, 1.54) is 35.0 Å². The molecule has 0 N–H and O–H groups in total. The van der Waals surface area contributed by atoms with Crippen molar-refractivity contribution >= 4 is 17.5 Å². The molecule has 150 valence electrons. The summed E-state index contributed by atoms with van der Waals surface area (Å²) in [7, 11) is 0. The van der Waals surface area contributed by atoms with Crippen molar-refractivity contribution in [3.8, 4) is 5.69 Å². The average molecular weight is 419 g/mol. The van der Waals surface area contributed by atoms with Crippen molar-refractivity contribution in [2.45, 2.75) is 6.54 Å². The summed E-state index contributed by atoms with van der Waals surface area (Å²) in [5.41, 5.74) is 0.436. The molecule has 0 unspecified atom stereocenters. The minimum Gasteiger partial charge on any atom is -0.336 e. The first kappa shape index (κ1) is 19.4. The molecule has 0 radical (unpaired) electrons. The summed E-state index contributed by atoms with van der Waals surface area (Å²) in [6.07, 6.45) is 0. The molecule has 1 saturated heterocycles. The fourth-order valence-corrected chi connectivity index (χ4v) is 3.53. The summed E-state index contributed by atoms with van der Waals surface area (Å²) in [6.45, 7) is 2.41. The summed E-state index contributed by atoms with van der Waals surface area (Å²) >= 11 is 6.00. The maximum Gasteiger partial charge on any atom is 0.258 e. The molecule has 2 aromatic carbocycles. The molecule has 0 spiro atoms. The Hall–Kier alpha value is -2.91. The van der Waals surface area contributed by atoms with Crippen LogP contribution >= 0.6 is 11.6 Å². The van der Waals surface area contributed by atoms with E-state index >= 15 is 0 Å². The van der Waals surface area contributed by atoms with Gasteiger partial charge >= 0.3 is 0 Å². The molecule has 2 heterocycles. The molecule has 7 nitrogen and oxygen atoms in total. The Labute approximate surface area is 170 Å². The van der Waals surface area contributed by atoms with Gasteiger partial charge in [0.2, 0.25) is 0 Å².